The number of aliphatic hydroxyl groups is 1. The van der Waals surface area contributed by atoms with Gasteiger partial charge in [0.05, 0.1) is 6.04 Å². The van der Waals surface area contributed by atoms with Crippen LogP contribution < -0.4 is 16.0 Å². The Bertz CT molecular complexity index is 254. The molecule has 0 aliphatic rings. The van der Waals surface area contributed by atoms with E-state index >= 15 is 0 Å². The zero-order valence-electron chi connectivity index (χ0n) is 10.3. The minimum atomic E-state index is -0.529. The van der Waals surface area contributed by atoms with Crippen molar-refractivity contribution in [3.63, 3.8) is 0 Å². The maximum Gasteiger partial charge on any atom is 0.321 e. The maximum atomic E-state index is 11.5. The zero-order valence-corrected chi connectivity index (χ0v) is 10.3. The van der Waals surface area contributed by atoms with Gasteiger partial charge in [-0.25, -0.2) is 4.79 Å². The van der Waals surface area contributed by atoms with Crippen LogP contribution in [-0.4, -0.2) is 42.3 Å². The highest BCUT2D eigenvalue weighted by molar-refractivity contribution is 5.96. The summed E-state index contributed by atoms with van der Waals surface area (Å²) in [6, 6.07) is -1.03. The number of hydrogen-bond acceptors (Lipinski definition) is 4. The number of aliphatic hydroxyl groups excluding tert-OH is 1. The van der Waals surface area contributed by atoms with Gasteiger partial charge in [0.15, 0.2) is 0 Å². The predicted molar refractivity (Wildman–Crippen MR) is 61.0 cm³/mol. The molecule has 0 aliphatic carbocycles. The zero-order chi connectivity index (χ0) is 12.8. The first-order valence-corrected chi connectivity index (χ1v) is 5.23. The summed E-state index contributed by atoms with van der Waals surface area (Å²) in [5, 5.41) is 16.3. The van der Waals surface area contributed by atoms with E-state index < -0.39 is 18.0 Å². The Balaban J connectivity index is 4.19. The molecule has 0 heterocycles. The molecule has 0 rings (SSSR count). The Kier molecular flexibility index (Phi) is 5.98. The molecular formula is C10H21N3O3. The molecule has 4 N–H and O–H groups in total. The molecule has 0 aliphatic heterocycles. The third-order valence-electron chi connectivity index (χ3n) is 2.20. The van der Waals surface area contributed by atoms with Gasteiger partial charge in [0, 0.05) is 19.2 Å². The molecular weight excluding hydrogens is 210 g/mol. The highest BCUT2D eigenvalue weighted by Gasteiger charge is 2.23. The van der Waals surface area contributed by atoms with Gasteiger partial charge in [-0.1, -0.05) is 0 Å². The van der Waals surface area contributed by atoms with Crippen LogP contribution in [0.25, 0.3) is 0 Å². The monoisotopic (exact) mass is 231 g/mol. The number of hydrogen-bond donors (Lipinski definition) is 4. The molecule has 3 amide bonds. The summed E-state index contributed by atoms with van der Waals surface area (Å²) in [4.78, 5) is 22.4. The topological polar surface area (TPSA) is 90.5 Å². The summed E-state index contributed by atoms with van der Waals surface area (Å²) in [6.07, 6.45) is 0.532. The lowest BCUT2D eigenvalue weighted by molar-refractivity contribution is -0.122. The van der Waals surface area contributed by atoms with E-state index in [2.05, 4.69) is 16.0 Å². The van der Waals surface area contributed by atoms with Gasteiger partial charge in [-0.2, -0.15) is 0 Å². The molecule has 6 nitrogen and oxygen atoms in total. The Hall–Kier alpha value is -1.14. The highest BCUT2D eigenvalue weighted by Crippen LogP contribution is 2.08. The van der Waals surface area contributed by atoms with E-state index in [4.69, 9.17) is 5.11 Å². The molecule has 0 aromatic rings. The average Bonchev–Trinajstić information content (AvgIpc) is 2.16. The quantitative estimate of drug-likeness (QED) is 0.517. The van der Waals surface area contributed by atoms with E-state index in [-0.39, 0.29) is 12.1 Å². The van der Waals surface area contributed by atoms with Crippen molar-refractivity contribution in [3.8, 4) is 0 Å². The van der Waals surface area contributed by atoms with Crippen LogP contribution in [0.15, 0.2) is 0 Å². The standard InChI is InChI=1S/C10H21N3O3/c1-7(8(15)12-9(16)11-4)13-10(2,3)5-6-14/h7,13-14H,5-6H2,1-4H3,(H2,11,12,15,16). The van der Waals surface area contributed by atoms with Gasteiger partial charge in [0.25, 0.3) is 0 Å². The van der Waals surface area contributed by atoms with Gasteiger partial charge >= 0.3 is 6.03 Å². The molecule has 6 heteroatoms. The third kappa shape index (κ3) is 5.67. The molecule has 0 spiro atoms. The van der Waals surface area contributed by atoms with Crippen molar-refractivity contribution in [2.45, 2.75) is 38.8 Å². The number of urea groups is 1. The van der Waals surface area contributed by atoms with Crippen LogP contribution in [0.5, 0.6) is 0 Å². The van der Waals surface area contributed by atoms with Gasteiger partial charge in [-0.05, 0) is 27.2 Å². The summed E-state index contributed by atoms with van der Waals surface area (Å²) in [7, 11) is 1.44. The summed E-state index contributed by atoms with van der Waals surface area (Å²) < 4.78 is 0. The second-order valence-electron chi connectivity index (χ2n) is 4.29. The minimum absolute atomic E-state index is 0.0454. The molecule has 0 fully saturated rings. The van der Waals surface area contributed by atoms with Gasteiger partial charge in [-0.3, -0.25) is 10.1 Å². The highest BCUT2D eigenvalue weighted by atomic mass is 16.3. The Labute approximate surface area is 95.8 Å². The minimum Gasteiger partial charge on any atom is -0.396 e. The normalized spacial score (nSPS) is 13.1. The van der Waals surface area contributed by atoms with Gasteiger partial charge in [0.2, 0.25) is 5.91 Å². The van der Waals surface area contributed by atoms with Crippen molar-refractivity contribution < 1.29 is 14.7 Å². The first-order chi connectivity index (χ1) is 7.32. The SMILES string of the molecule is CNC(=O)NC(=O)C(C)NC(C)(C)CCO. The molecule has 0 radical (unpaired) electrons. The van der Waals surface area contributed by atoms with Crippen LogP contribution in [0.4, 0.5) is 4.79 Å². The second-order valence-corrected chi connectivity index (χ2v) is 4.29. The van der Waals surface area contributed by atoms with Crippen molar-refractivity contribution in [2.24, 2.45) is 0 Å². The first-order valence-electron chi connectivity index (χ1n) is 5.23. The molecule has 1 atom stereocenters. The summed E-state index contributed by atoms with van der Waals surface area (Å²) in [6.45, 7) is 5.47. The number of imide groups is 1. The smallest absolute Gasteiger partial charge is 0.321 e. The Morgan fingerprint density at radius 3 is 2.38 bits per heavy atom. The lowest BCUT2D eigenvalue weighted by Gasteiger charge is -2.28. The summed E-state index contributed by atoms with van der Waals surface area (Å²) in [5.41, 5.74) is -0.353. The fourth-order valence-electron chi connectivity index (χ4n) is 1.29. The second kappa shape index (κ2) is 6.44. The molecule has 0 aromatic carbocycles. The van der Waals surface area contributed by atoms with Crippen molar-refractivity contribution in [3.05, 3.63) is 0 Å². The van der Waals surface area contributed by atoms with Crippen molar-refractivity contribution >= 4 is 11.9 Å². The number of rotatable bonds is 5. The Morgan fingerprint density at radius 2 is 1.94 bits per heavy atom. The van der Waals surface area contributed by atoms with Gasteiger partial charge < -0.3 is 15.7 Å². The van der Waals surface area contributed by atoms with Gasteiger partial charge in [0.1, 0.15) is 0 Å². The predicted octanol–water partition coefficient (Wildman–Crippen LogP) is -0.419. The molecule has 0 aromatic heterocycles. The largest absolute Gasteiger partial charge is 0.396 e. The fourth-order valence-corrected chi connectivity index (χ4v) is 1.29. The van der Waals surface area contributed by atoms with E-state index in [1.807, 2.05) is 13.8 Å². The molecule has 0 saturated carbocycles. The van der Waals surface area contributed by atoms with E-state index in [0.29, 0.717) is 6.42 Å². The molecule has 0 saturated heterocycles. The van der Waals surface area contributed by atoms with Crippen molar-refractivity contribution in [1.29, 1.82) is 0 Å². The van der Waals surface area contributed by atoms with Gasteiger partial charge in [-0.15, -0.1) is 0 Å². The van der Waals surface area contributed by atoms with Crippen LogP contribution in [-0.2, 0) is 4.79 Å². The van der Waals surface area contributed by atoms with Crippen LogP contribution in [0, 0.1) is 0 Å². The summed E-state index contributed by atoms with van der Waals surface area (Å²) in [5.74, 6) is -0.398. The van der Waals surface area contributed by atoms with Crippen molar-refractivity contribution in [1.82, 2.24) is 16.0 Å². The number of carbonyl (C=O) groups is 2. The van der Waals surface area contributed by atoms with Crippen LogP contribution in [0.2, 0.25) is 0 Å². The molecule has 1 unspecified atom stereocenters. The Morgan fingerprint density at radius 1 is 1.38 bits per heavy atom. The van der Waals surface area contributed by atoms with E-state index in [1.54, 1.807) is 6.92 Å². The fraction of sp³-hybridized carbons (Fsp3) is 0.800. The van der Waals surface area contributed by atoms with Crippen LogP contribution in [0.3, 0.4) is 0 Å². The lowest BCUT2D eigenvalue weighted by Crippen LogP contribution is -2.53. The third-order valence-corrected chi connectivity index (χ3v) is 2.20. The van der Waals surface area contributed by atoms with E-state index in [9.17, 15) is 9.59 Å². The van der Waals surface area contributed by atoms with Crippen LogP contribution in [0.1, 0.15) is 27.2 Å². The van der Waals surface area contributed by atoms with E-state index in [0.717, 1.165) is 0 Å². The number of carbonyl (C=O) groups excluding carboxylic acids is 2. The first kappa shape index (κ1) is 14.9. The average molecular weight is 231 g/mol. The molecule has 94 valence electrons. The van der Waals surface area contributed by atoms with Crippen LogP contribution >= 0.6 is 0 Å². The summed E-state index contributed by atoms with van der Waals surface area (Å²) >= 11 is 0. The van der Waals surface area contributed by atoms with Crippen molar-refractivity contribution in [2.75, 3.05) is 13.7 Å². The maximum absolute atomic E-state index is 11.5. The molecule has 16 heavy (non-hydrogen) atoms. The number of amides is 3. The molecule has 0 bridgehead atoms. The van der Waals surface area contributed by atoms with E-state index in [1.165, 1.54) is 7.05 Å². The number of nitrogens with one attached hydrogen (secondary N) is 3. The lowest BCUT2D eigenvalue weighted by atomic mass is 10.00.